The van der Waals surface area contributed by atoms with E-state index in [0.717, 1.165) is 12.8 Å². The first-order valence-corrected chi connectivity index (χ1v) is 4.64. The Labute approximate surface area is 81.6 Å². The molecule has 1 aromatic rings. The molecule has 0 atom stereocenters. The van der Waals surface area contributed by atoms with Crippen molar-refractivity contribution in [2.45, 2.75) is 18.9 Å². The van der Waals surface area contributed by atoms with Crippen molar-refractivity contribution < 1.29 is 4.79 Å². The highest BCUT2D eigenvalue weighted by molar-refractivity contribution is 5.93. The van der Waals surface area contributed by atoms with E-state index in [1.165, 1.54) is 18.5 Å². The molecular weight excluding hydrogens is 180 g/mol. The summed E-state index contributed by atoms with van der Waals surface area (Å²) in [7, 11) is 1.74. The van der Waals surface area contributed by atoms with Crippen LogP contribution in [-0.2, 0) is 0 Å². The van der Waals surface area contributed by atoms with Crippen molar-refractivity contribution in [2.75, 3.05) is 7.05 Å². The van der Waals surface area contributed by atoms with Gasteiger partial charge in [-0.2, -0.15) is 0 Å². The molecule has 1 amide bonds. The number of hydrogen-bond acceptors (Lipinski definition) is 2. The van der Waals surface area contributed by atoms with Crippen molar-refractivity contribution in [1.29, 1.82) is 0 Å². The van der Waals surface area contributed by atoms with Gasteiger partial charge in [0.1, 0.15) is 5.56 Å². The topological polar surface area (TPSA) is 53.2 Å². The van der Waals surface area contributed by atoms with Gasteiger partial charge in [-0.1, -0.05) is 0 Å². The Hall–Kier alpha value is -1.58. The molecule has 4 heteroatoms. The Morgan fingerprint density at radius 3 is 2.86 bits per heavy atom. The molecule has 1 aromatic heterocycles. The number of pyridine rings is 1. The Morgan fingerprint density at radius 1 is 1.57 bits per heavy atom. The lowest BCUT2D eigenvalue weighted by atomic mass is 10.2. The standard InChI is InChI=1S/C10H12N2O2/c1-12(7-2-3-7)10(14)8-6-11-5-4-9(8)13/h4-7H,2-3H2,1H3,(H,11,13). The highest BCUT2D eigenvalue weighted by Gasteiger charge is 2.30. The summed E-state index contributed by atoms with van der Waals surface area (Å²) in [6, 6.07) is 1.70. The number of rotatable bonds is 2. The molecule has 1 aliphatic carbocycles. The van der Waals surface area contributed by atoms with Gasteiger partial charge in [-0.15, -0.1) is 0 Å². The zero-order valence-electron chi connectivity index (χ0n) is 7.99. The lowest BCUT2D eigenvalue weighted by molar-refractivity contribution is 0.0783. The molecule has 1 aliphatic rings. The number of aromatic nitrogens is 1. The molecule has 74 valence electrons. The second-order valence-corrected chi connectivity index (χ2v) is 3.57. The van der Waals surface area contributed by atoms with Gasteiger partial charge in [0.25, 0.3) is 5.91 Å². The molecule has 1 saturated carbocycles. The lowest BCUT2D eigenvalue weighted by Crippen LogP contribution is -2.32. The first-order valence-electron chi connectivity index (χ1n) is 4.64. The molecule has 0 aromatic carbocycles. The van der Waals surface area contributed by atoms with Crippen LogP contribution in [0.2, 0.25) is 0 Å². The monoisotopic (exact) mass is 192 g/mol. The van der Waals surface area contributed by atoms with Crippen LogP contribution in [0.5, 0.6) is 0 Å². The van der Waals surface area contributed by atoms with E-state index < -0.39 is 0 Å². The normalized spacial score (nSPS) is 15.2. The minimum atomic E-state index is -0.221. The summed E-state index contributed by atoms with van der Waals surface area (Å²) >= 11 is 0. The zero-order chi connectivity index (χ0) is 10.1. The fraction of sp³-hybridized carbons (Fsp3) is 0.400. The van der Waals surface area contributed by atoms with E-state index in [1.807, 2.05) is 0 Å². The number of carbonyl (C=O) groups excluding carboxylic acids is 1. The summed E-state index contributed by atoms with van der Waals surface area (Å²) in [4.78, 5) is 27.5. The average molecular weight is 192 g/mol. The van der Waals surface area contributed by atoms with Gasteiger partial charge < -0.3 is 9.88 Å². The molecule has 0 aliphatic heterocycles. The summed E-state index contributed by atoms with van der Waals surface area (Å²) in [5, 5.41) is 0. The van der Waals surface area contributed by atoms with Crippen molar-refractivity contribution in [3.8, 4) is 0 Å². The Balaban J connectivity index is 2.26. The fourth-order valence-corrected chi connectivity index (χ4v) is 1.40. The first kappa shape index (κ1) is 8.99. The molecule has 1 heterocycles. The summed E-state index contributed by atoms with van der Waals surface area (Å²) in [6.45, 7) is 0. The molecule has 0 unspecified atom stereocenters. The third-order valence-corrected chi connectivity index (χ3v) is 2.47. The number of amides is 1. The maximum absolute atomic E-state index is 11.8. The van der Waals surface area contributed by atoms with Gasteiger partial charge in [0, 0.05) is 31.5 Å². The van der Waals surface area contributed by atoms with Gasteiger partial charge in [-0.25, -0.2) is 0 Å². The van der Waals surface area contributed by atoms with E-state index in [-0.39, 0.29) is 16.9 Å². The number of hydrogen-bond donors (Lipinski definition) is 1. The smallest absolute Gasteiger partial charge is 0.259 e. The number of H-pyrrole nitrogens is 1. The van der Waals surface area contributed by atoms with Crippen LogP contribution in [0.15, 0.2) is 23.3 Å². The molecule has 1 fully saturated rings. The molecule has 14 heavy (non-hydrogen) atoms. The predicted molar refractivity (Wildman–Crippen MR) is 52.2 cm³/mol. The number of carbonyl (C=O) groups is 1. The van der Waals surface area contributed by atoms with Crippen molar-refractivity contribution in [3.63, 3.8) is 0 Å². The molecule has 0 radical (unpaired) electrons. The SMILES string of the molecule is CN(C(=O)c1c[nH]ccc1=O)C1CC1. The molecular formula is C10H12N2O2. The van der Waals surface area contributed by atoms with Crippen molar-refractivity contribution >= 4 is 5.91 Å². The average Bonchev–Trinajstić information content (AvgIpc) is 3.00. The first-order chi connectivity index (χ1) is 6.70. The van der Waals surface area contributed by atoms with Crippen LogP contribution in [0.4, 0.5) is 0 Å². The summed E-state index contributed by atoms with van der Waals surface area (Å²) in [5.41, 5.74) is 0.00292. The second-order valence-electron chi connectivity index (χ2n) is 3.57. The van der Waals surface area contributed by atoms with E-state index in [0.29, 0.717) is 6.04 Å². The van der Waals surface area contributed by atoms with Crippen molar-refractivity contribution in [1.82, 2.24) is 9.88 Å². The number of nitrogens with one attached hydrogen (secondary N) is 1. The van der Waals surface area contributed by atoms with E-state index in [2.05, 4.69) is 4.98 Å². The van der Waals surface area contributed by atoms with E-state index in [1.54, 1.807) is 11.9 Å². The van der Waals surface area contributed by atoms with Gasteiger partial charge in [0.2, 0.25) is 0 Å². The molecule has 0 saturated heterocycles. The van der Waals surface area contributed by atoms with Gasteiger partial charge in [-0.05, 0) is 12.8 Å². The largest absolute Gasteiger partial charge is 0.367 e. The van der Waals surface area contributed by atoms with Crippen LogP contribution in [-0.4, -0.2) is 28.9 Å². The van der Waals surface area contributed by atoms with Crippen LogP contribution in [0, 0.1) is 0 Å². The maximum atomic E-state index is 11.8. The third kappa shape index (κ3) is 1.55. The Bertz CT molecular complexity index is 407. The van der Waals surface area contributed by atoms with Crippen LogP contribution < -0.4 is 5.43 Å². The van der Waals surface area contributed by atoms with E-state index in [4.69, 9.17) is 0 Å². The van der Waals surface area contributed by atoms with Gasteiger partial charge in [-0.3, -0.25) is 9.59 Å². The highest BCUT2D eigenvalue weighted by Crippen LogP contribution is 2.25. The van der Waals surface area contributed by atoms with Crippen molar-refractivity contribution in [3.05, 3.63) is 34.2 Å². The fourth-order valence-electron chi connectivity index (χ4n) is 1.40. The lowest BCUT2D eigenvalue weighted by Gasteiger charge is -2.15. The molecule has 4 nitrogen and oxygen atoms in total. The second kappa shape index (κ2) is 3.29. The summed E-state index contributed by atoms with van der Waals surface area (Å²) in [6.07, 6.45) is 5.08. The number of nitrogens with zero attached hydrogens (tertiary/aromatic N) is 1. The van der Waals surface area contributed by atoms with Gasteiger partial charge in [0.05, 0.1) is 0 Å². The summed E-state index contributed by atoms with van der Waals surface area (Å²) in [5.74, 6) is -0.186. The zero-order valence-corrected chi connectivity index (χ0v) is 7.99. The number of aromatic amines is 1. The van der Waals surface area contributed by atoms with Crippen molar-refractivity contribution in [2.24, 2.45) is 0 Å². The minimum absolute atomic E-state index is 0.186. The van der Waals surface area contributed by atoms with Gasteiger partial charge >= 0.3 is 0 Å². The highest BCUT2D eigenvalue weighted by atomic mass is 16.2. The molecule has 1 N–H and O–H groups in total. The molecule has 0 spiro atoms. The Kier molecular flexibility index (Phi) is 2.11. The summed E-state index contributed by atoms with van der Waals surface area (Å²) < 4.78 is 0. The van der Waals surface area contributed by atoms with Gasteiger partial charge in [0.15, 0.2) is 5.43 Å². The molecule has 2 rings (SSSR count). The van der Waals surface area contributed by atoms with E-state index in [9.17, 15) is 9.59 Å². The van der Waals surface area contributed by atoms with E-state index >= 15 is 0 Å². The maximum Gasteiger partial charge on any atom is 0.259 e. The van der Waals surface area contributed by atoms with Crippen LogP contribution in [0.1, 0.15) is 23.2 Å². The predicted octanol–water partition coefficient (Wildman–Crippen LogP) is 0.609. The molecule has 0 bridgehead atoms. The van der Waals surface area contributed by atoms with Crippen LogP contribution in [0.25, 0.3) is 0 Å². The van der Waals surface area contributed by atoms with Crippen LogP contribution >= 0.6 is 0 Å². The quantitative estimate of drug-likeness (QED) is 0.746. The third-order valence-electron chi connectivity index (χ3n) is 2.47. The minimum Gasteiger partial charge on any atom is -0.367 e. The van der Waals surface area contributed by atoms with Crippen LogP contribution in [0.3, 0.4) is 0 Å². The Morgan fingerprint density at radius 2 is 2.29 bits per heavy atom.